The second-order valence-electron chi connectivity index (χ2n) is 6.80. The predicted octanol–water partition coefficient (Wildman–Crippen LogP) is 6.52. The van der Waals surface area contributed by atoms with Crippen LogP contribution in [0, 0.1) is 0 Å². The van der Waals surface area contributed by atoms with Gasteiger partial charge in [-0.25, -0.2) is 4.98 Å². The molecule has 0 saturated carbocycles. The van der Waals surface area contributed by atoms with Gasteiger partial charge < -0.3 is 15.2 Å². The lowest BCUT2D eigenvalue weighted by Gasteiger charge is -2.16. The van der Waals surface area contributed by atoms with Crippen molar-refractivity contribution in [1.29, 1.82) is 0 Å². The Labute approximate surface area is 189 Å². The number of phenols is 1. The van der Waals surface area contributed by atoms with Crippen molar-refractivity contribution in [2.45, 2.75) is 13.0 Å². The van der Waals surface area contributed by atoms with Crippen LogP contribution in [0.4, 0.5) is 5.82 Å². The minimum atomic E-state index is -0.151. The molecule has 0 saturated heterocycles. The molecule has 0 radical (unpaired) electrons. The van der Waals surface area contributed by atoms with Gasteiger partial charge in [0.2, 0.25) is 5.88 Å². The Morgan fingerprint density at radius 2 is 1.74 bits per heavy atom. The average Bonchev–Trinajstić information content (AvgIpc) is 2.78. The number of benzene rings is 2. The molecular weight excluding hydrogens is 435 g/mol. The van der Waals surface area contributed by atoms with Crippen LogP contribution in [0.15, 0.2) is 72.9 Å². The highest BCUT2D eigenvalue weighted by atomic mass is 35.5. The summed E-state index contributed by atoms with van der Waals surface area (Å²) < 4.78 is 5.81. The van der Waals surface area contributed by atoms with Gasteiger partial charge in [0, 0.05) is 17.8 Å². The van der Waals surface area contributed by atoms with Gasteiger partial charge in [-0.2, -0.15) is 0 Å². The van der Waals surface area contributed by atoms with Gasteiger partial charge in [0.1, 0.15) is 11.6 Å². The van der Waals surface area contributed by atoms with E-state index in [2.05, 4.69) is 20.5 Å². The molecule has 31 heavy (non-hydrogen) atoms. The lowest BCUT2D eigenvalue weighted by Crippen LogP contribution is -2.08. The Bertz CT molecular complexity index is 1160. The largest absolute Gasteiger partial charge is 0.505 e. The molecular formula is C23H18Cl2N4O2. The lowest BCUT2D eigenvalue weighted by atomic mass is 10.1. The first-order valence-corrected chi connectivity index (χ1v) is 10.2. The third kappa shape index (κ3) is 5.05. The van der Waals surface area contributed by atoms with Gasteiger partial charge >= 0.3 is 0 Å². The number of nitrogens with one attached hydrogen (secondary N) is 1. The molecule has 6 nitrogen and oxygen atoms in total. The van der Waals surface area contributed by atoms with Crippen LogP contribution in [0.5, 0.6) is 17.4 Å². The van der Waals surface area contributed by atoms with Gasteiger partial charge in [-0.1, -0.05) is 41.4 Å². The molecule has 0 fully saturated rings. The van der Waals surface area contributed by atoms with Crippen molar-refractivity contribution in [3.05, 3.63) is 88.5 Å². The molecule has 2 aromatic carbocycles. The maximum absolute atomic E-state index is 9.71. The van der Waals surface area contributed by atoms with Crippen molar-refractivity contribution in [2.75, 3.05) is 5.32 Å². The first-order valence-electron chi connectivity index (χ1n) is 9.47. The number of nitrogens with zero attached hydrogens (tertiary/aromatic N) is 3. The van der Waals surface area contributed by atoms with E-state index in [1.54, 1.807) is 24.4 Å². The molecule has 4 aromatic rings. The molecule has 0 amide bonds. The Balaban J connectivity index is 1.46. The number of pyridine rings is 1. The summed E-state index contributed by atoms with van der Waals surface area (Å²) in [5.74, 6) is 1.70. The molecule has 156 valence electrons. The van der Waals surface area contributed by atoms with Crippen LogP contribution in [0.2, 0.25) is 10.0 Å². The predicted molar refractivity (Wildman–Crippen MR) is 122 cm³/mol. The standard InChI is InChI=1S/C23H18Cl2N4O2/c1-14(15-5-4-6-17(11-15)31-22-7-2-3-10-26-22)27-21-9-8-20(28-29-21)16-12-18(24)23(30)19(25)13-16/h2-14,30H,1H3,(H,27,29). The number of phenolic OH excluding ortho intramolecular Hbond substituents is 1. The van der Waals surface area contributed by atoms with E-state index >= 15 is 0 Å². The fourth-order valence-electron chi connectivity index (χ4n) is 2.96. The topological polar surface area (TPSA) is 80.2 Å². The summed E-state index contributed by atoms with van der Waals surface area (Å²) in [7, 11) is 0. The van der Waals surface area contributed by atoms with Crippen molar-refractivity contribution >= 4 is 29.0 Å². The Kier molecular flexibility index (Phi) is 6.21. The smallest absolute Gasteiger partial charge is 0.219 e. The average molecular weight is 453 g/mol. The van der Waals surface area contributed by atoms with E-state index in [1.165, 1.54) is 0 Å². The number of aromatic nitrogens is 3. The molecule has 0 aliphatic heterocycles. The van der Waals surface area contributed by atoms with Crippen molar-refractivity contribution in [2.24, 2.45) is 0 Å². The van der Waals surface area contributed by atoms with Gasteiger partial charge in [-0.15, -0.1) is 10.2 Å². The number of aromatic hydroxyl groups is 1. The van der Waals surface area contributed by atoms with Crippen LogP contribution in [-0.2, 0) is 0 Å². The summed E-state index contributed by atoms with van der Waals surface area (Å²) in [4.78, 5) is 4.18. The fraction of sp³-hybridized carbons (Fsp3) is 0.0870. The van der Waals surface area contributed by atoms with E-state index in [4.69, 9.17) is 27.9 Å². The SMILES string of the molecule is CC(Nc1ccc(-c2cc(Cl)c(O)c(Cl)c2)nn1)c1cccc(Oc2ccccn2)c1. The Hall–Kier alpha value is -3.35. The minimum Gasteiger partial charge on any atom is -0.505 e. The van der Waals surface area contributed by atoms with Crippen molar-refractivity contribution < 1.29 is 9.84 Å². The molecule has 4 rings (SSSR count). The zero-order valence-corrected chi connectivity index (χ0v) is 18.0. The maximum atomic E-state index is 9.71. The zero-order valence-electron chi connectivity index (χ0n) is 16.5. The van der Waals surface area contributed by atoms with E-state index in [0.717, 1.165) is 5.56 Å². The monoisotopic (exact) mass is 452 g/mol. The number of anilines is 1. The summed E-state index contributed by atoms with van der Waals surface area (Å²) >= 11 is 12.0. The second kappa shape index (κ2) is 9.20. The van der Waals surface area contributed by atoms with Gasteiger partial charge in [-0.05, 0) is 55.0 Å². The van der Waals surface area contributed by atoms with Crippen LogP contribution in [0.3, 0.4) is 0 Å². The van der Waals surface area contributed by atoms with Crippen molar-refractivity contribution in [1.82, 2.24) is 15.2 Å². The van der Waals surface area contributed by atoms with Crippen LogP contribution in [0.25, 0.3) is 11.3 Å². The minimum absolute atomic E-state index is 0.0370. The van der Waals surface area contributed by atoms with Crippen LogP contribution in [0.1, 0.15) is 18.5 Å². The summed E-state index contributed by atoms with van der Waals surface area (Å²) in [5.41, 5.74) is 2.28. The second-order valence-corrected chi connectivity index (χ2v) is 7.62. The van der Waals surface area contributed by atoms with Crippen LogP contribution < -0.4 is 10.1 Å². The Morgan fingerprint density at radius 1 is 0.935 bits per heavy atom. The molecule has 0 bridgehead atoms. The van der Waals surface area contributed by atoms with Crippen molar-refractivity contribution in [3.63, 3.8) is 0 Å². The number of hydrogen-bond donors (Lipinski definition) is 2. The van der Waals surface area contributed by atoms with Gasteiger partial charge in [0.25, 0.3) is 0 Å². The maximum Gasteiger partial charge on any atom is 0.219 e. The first kappa shape index (κ1) is 20.9. The van der Waals surface area contributed by atoms with E-state index in [-0.39, 0.29) is 21.8 Å². The fourth-order valence-corrected chi connectivity index (χ4v) is 3.44. The summed E-state index contributed by atoms with van der Waals surface area (Å²) in [6.45, 7) is 2.02. The molecule has 1 unspecified atom stereocenters. The highest BCUT2D eigenvalue weighted by Crippen LogP contribution is 2.36. The normalized spacial score (nSPS) is 11.7. The molecule has 0 aliphatic carbocycles. The molecule has 2 aromatic heterocycles. The molecule has 0 aliphatic rings. The van der Waals surface area contributed by atoms with E-state index in [9.17, 15) is 5.11 Å². The third-order valence-corrected chi connectivity index (χ3v) is 5.14. The molecule has 8 heteroatoms. The molecule has 2 N–H and O–H groups in total. The molecule has 0 spiro atoms. The van der Waals surface area contributed by atoms with Gasteiger partial charge in [0.15, 0.2) is 5.75 Å². The number of rotatable bonds is 6. The lowest BCUT2D eigenvalue weighted by molar-refractivity contribution is 0.462. The van der Waals surface area contributed by atoms with E-state index < -0.39 is 0 Å². The number of hydrogen-bond acceptors (Lipinski definition) is 6. The highest BCUT2D eigenvalue weighted by Gasteiger charge is 2.11. The van der Waals surface area contributed by atoms with Crippen LogP contribution in [-0.4, -0.2) is 20.3 Å². The van der Waals surface area contributed by atoms with E-state index in [1.807, 2.05) is 55.5 Å². The van der Waals surface area contributed by atoms with Crippen LogP contribution >= 0.6 is 23.2 Å². The first-order chi connectivity index (χ1) is 15.0. The van der Waals surface area contributed by atoms with Crippen molar-refractivity contribution in [3.8, 4) is 28.6 Å². The Morgan fingerprint density at radius 3 is 2.42 bits per heavy atom. The van der Waals surface area contributed by atoms with E-state index in [0.29, 0.717) is 28.7 Å². The van der Waals surface area contributed by atoms with Gasteiger partial charge in [0.05, 0.1) is 21.8 Å². The number of ether oxygens (including phenoxy) is 1. The summed E-state index contributed by atoms with van der Waals surface area (Å²) in [5, 5.41) is 21.8. The molecule has 2 heterocycles. The molecule has 1 atom stereocenters. The summed E-state index contributed by atoms with van der Waals surface area (Å²) in [6.07, 6.45) is 1.69. The zero-order chi connectivity index (χ0) is 21.8. The number of halogens is 2. The highest BCUT2D eigenvalue weighted by molar-refractivity contribution is 6.37. The third-order valence-electron chi connectivity index (χ3n) is 4.56. The quantitative estimate of drug-likeness (QED) is 0.346. The van der Waals surface area contributed by atoms with Gasteiger partial charge in [-0.3, -0.25) is 0 Å². The summed E-state index contributed by atoms with van der Waals surface area (Å²) in [6, 6.07) is 20.1.